The maximum atomic E-state index is 12.8. The molecule has 3 unspecified atom stereocenters. The first-order valence-corrected chi connectivity index (χ1v) is 25.5. The summed E-state index contributed by atoms with van der Waals surface area (Å²) in [6.07, 6.45) is 35.9. The number of aliphatic hydroxyl groups is 5. The van der Waals surface area contributed by atoms with Gasteiger partial charge in [0.2, 0.25) is 0 Å². The fourth-order valence-corrected chi connectivity index (χ4v) is 7.50. The second kappa shape index (κ2) is 39.4. The second-order valence-electron chi connectivity index (χ2n) is 16.3. The third-order valence-electron chi connectivity index (χ3n) is 10.4. The Kier molecular flexibility index (Phi) is 36.1. The Labute approximate surface area is 394 Å². The number of phosphoric acid groups is 1. The van der Waals surface area contributed by atoms with Gasteiger partial charge in [0.15, 0.2) is 11.9 Å². The van der Waals surface area contributed by atoms with Crippen molar-refractivity contribution in [1.82, 2.24) is 0 Å². The van der Waals surface area contributed by atoms with E-state index in [1.807, 2.05) is 12.2 Å². The summed E-state index contributed by atoms with van der Waals surface area (Å²) in [7, 11) is -5.20. The second-order valence-corrected chi connectivity index (χ2v) is 17.7. The molecular formula is C51H81O14P. The number of unbranched alkanes of at least 4 members (excludes halogenated alkanes) is 9. The highest BCUT2D eigenvalue weighted by atomic mass is 31.2. The van der Waals surface area contributed by atoms with Gasteiger partial charge in [-0.2, -0.15) is 0 Å². The molecule has 0 aliphatic heterocycles. The summed E-state index contributed by atoms with van der Waals surface area (Å²) in [5, 5.41) is 50.2. The summed E-state index contributed by atoms with van der Waals surface area (Å²) < 4.78 is 33.3. The van der Waals surface area contributed by atoms with Crippen molar-refractivity contribution in [2.24, 2.45) is 0 Å². The van der Waals surface area contributed by atoms with Crippen LogP contribution in [0.25, 0.3) is 0 Å². The highest BCUT2D eigenvalue weighted by Crippen LogP contribution is 2.47. The zero-order valence-electron chi connectivity index (χ0n) is 39.4. The molecule has 14 nitrogen and oxygen atoms in total. The maximum Gasteiger partial charge on any atom is 0.472 e. The third-order valence-corrected chi connectivity index (χ3v) is 11.4. The Morgan fingerprint density at radius 2 is 1.02 bits per heavy atom. The molecule has 0 radical (unpaired) electrons. The summed E-state index contributed by atoms with van der Waals surface area (Å²) in [5.41, 5.74) is 0. The van der Waals surface area contributed by atoms with Crippen molar-refractivity contribution < 1.29 is 67.9 Å². The van der Waals surface area contributed by atoms with Crippen LogP contribution in [0.1, 0.15) is 149 Å². The average molecular weight is 949 g/mol. The molecule has 0 spiro atoms. The van der Waals surface area contributed by atoms with Crippen molar-refractivity contribution in [3.05, 3.63) is 97.2 Å². The van der Waals surface area contributed by atoms with Gasteiger partial charge in [0.05, 0.1) is 6.61 Å². The molecule has 1 aliphatic rings. The summed E-state index contributed by atoms with van der Waals surface area (Å²) in [4.78, 5) is 48.1. The van der Waals surface area contributed by atoms with E-state index >= 15 is 0 Å². The third kappa shape index (κ3) is 31.4. The lowest BCUT2D eigenvalue weighted by atomic mass is 9.85. The largest absolute Gasteiger partial charge is 0.472 e. The number of esters is 2. The Balaban J connectivity index is 2.54. The van der Waals surface area contributed by atoms with Gasteiger partial charge < -0.3 is 39.9 Å². The first kappa shape index (κ1) is 60.5. The van der Waals surface area contributed by atoms with Gasteiger partial charge in [0.25, 0.3) is 0 Å². The summed E-state index contributed by atoms with van der Waals surface area (Å²) in [6.45, 7) is 2.93. The standard InChI is InChI=1S/C51H81O14P/c1-3-5-7-9-11-13-15-17-18-19-20-21-22-24-26-28-30-32-34-38-44(53)62-40-43(41-63-66(60,61)65-51-49(58)47(56)46(55)48(57)50(51)59)64-45(54)39-35-37-42(52)36-33-31-29-27-25-23-16-14-12-10-8-6-4-2/h5,7,11-14,17-18,20-21,23,25,29,31,33,36,43,46-51,55-59H,3-4,6,8-10,15-16,19,22,24,26-28,30,32,34-35,37-41H2,1-2H3,(H,60,61)/b7-5-,13-11-,14-12-,18-17-,21-20-,25-23-,31-29-,36-33+/t43-,46?,47-,48+,49-,50-,51?/m1/s1. The molecule has 66 heavy (non-hydrogen) atoms. The topological polar surface area (TPSA) is 227 Å². The number of aliphatic hydroxyl groups excluding tert-OH is 5. The number of carbonyl (C=O) groups excluding carboxylic acids is 3. The van der Waals surface area contributed by atoms with Crippen LogP contribution in [-0.4, -0.2) is 104 Å². The Hall–Kier alpha value is -3.56. The van der Waals surface area contributed by atoms with Crippen LogP contribution in [0.4, 0.5) is 0 Å². The number of phosphoric ester groups is 1. The quantitative estimate of drug-likeness (QED) is 0.00848. The number of allylic oxidation sites excluding steroid dienone is 16. The molecule has 0 aromatic heterocycles. The normalized spacial score (nSPS) is 22.1. The molecule has 1 saturated carbocycles. The molecule has 1 fully saturated rings. The Morgan fingerprint density at radius 1 is 0.530 bits per heavy atom. The molecule has 1 rings (SSSR count). The van der Waals surface area contributed by atoms with Gasteiger partial charge in [-0.25, -0.2) is 4.57 Å². The number of rotatable bonds is 38. The monoisotopic (exact) mass is 949 g/mol. The van der Waals surface area contributed by atoms with E-state index in [1.54, 1.807) is 12.2 Å². The van der Waals surface area contributed by atoms with Gasteiger partial charge in [0, 0.05) is 19.3 Å². The highest BCUT2D eigenvalue weighted by molar-refractivity contribution is 7.47. The highest BCUT2D eigenvalue weighted by Gasteiger charge is 2.51. The van der Waals surface area contributed by atoms with Crippen LogP contribution < -0.4 is 0 Å². The van der Waals surface area contributed by atoms with E-state index < -0.39 is 75.7 Å². The molecule has 6 N–H and O–H groups in total. The minimum absolute atomic E-state index is 0.0451. The molecular weight excluding hydrogens is 868 g/mol. The van der Waals surface area contributed by atoms with Gasteiger partial charge in [-0.3, -0.25) is 23.4 Å². The van der Waals surface area contributed by atoms with Crippen LogP contribution in [0.15, 0.2) is 97.2 Å². The SMILES string of the molecule is CC/C=C\C/C=C\C/C=C\C/C=C\CCCCCCCCC(=O)OC[C@H](COP(=O)(O)OC1[C@H](O)[C@H](O)C(O)[C@H](O)[C@H]1O)OC(=O)CCCC(=O)/C=C/C=C\C/C=C\C/C=C\CCCCC. The molecule has 0 amide bonds. The van der Waals surface area contributed by atoms with E-state index in [1.165, 1.54) is 25.3 Å². The summed E-state index contributed by atoms with van der Waals surface area (Å²) >= 11 is 0. The van der Waals surface area contributed by atoms with Gasteiger partial charge in [-0.15, -0.1) is 0 Å². The number of hydrogen-bond acceptors (Lipinski definition) is 13. The smallest absolute Gasteiger partial charge is 0.462 e. The van der Waals surface area contributed by atoms with Gasteiger partial charge in [0.1, 0.15) is 43.2 Å². The zero-order valence-corrected chi connectivity index (χ0v) is 40.3. The van der Waals surface area contributed by atoms with Crippen molar-refractivity contribution in [2.45, 2.75) is 191 Å². The number of hydrogen-bond donors (Lipinski definition) is 6. The van der Waals surface area contributed by atoms with Crippen molar-refractivity contribution in [3.8, 4) is 0 Å². The Bertz CT molecular complexity index is 1580. The summed E-state index contributed by atoms with van der Waals surface area (Å²) in [6, 6.07) is 0. The van der Waals surface area contributed by atoms with E-state index in [9.17, 15) is 49.4 Å². The van der Waals surface area contributed by atoms with Gasteiger partial charge in [-0.05, 0) is 83.1 Å². The first-order chi connectivity index (χ1) is 31.8. The van der Waals surface area contributed by atoms with Crippen LogP contribution >= 0.6 is 7.82 Å². The van der Waals surface area contributed by atoms with E-state index in [2.05, 4.69) is 80.7 Å². The van der Waals surface area contributed by atoms with Gasteiger partial charge in [-0.1, -0.05) is 144 Å². The van der Waals surface area contributed by atoms with Crippen molar-refractivity contribution >= 4 is 25.5 Å². The molecule has 0 bridgehead atoms. The summed E-state index contributed by atoms with van der Waals surface area (Å²) in [5.74, 6) is -1.59. The van der Waals surface area contributed by atoms with Crippen LogP contribution in [0.3, 0.4) is 0 Å². The van der Waals surface area contributed by atoms with E-state index in [0.29, 0.717) is 6.42 Å². The minimum atomic E-state index is -5.20. The van der Waals surface area contributed by atoms with Crippen LogP contribution in [0.2, 0.25) is 0 Å². The first-order valence-electron chi connectivity index (χ1n) is 24.0. The fourth-order valence-electron chi connectivity index (χ4n) is 6.52. The van der Waals surface area contributed by atoms with Crippen LogP contribution in [0, 0.1) is 0 Å². The Morgan fingerprint density at radius 3 is 1.59 bits per heavy atom. The number of ketones is 1. The van der Waals surface area contributed by atoms with Crippen molar-refractivity contribution in [1.29, 1.82) is 0 Å². The van der Waals surface area contributed by atoms with E-state index in [4.69, 9.17) is 18.5 Å². The van der Waals surface area contributed by atoms with E-state index in [0.717, 1.165) is 83.5 Å². The molecule has 0 saturated heterocycles. The van der Waals surface area contributed by atoms with Gasteiger partial charge >= 0.3 is 19.8 Å². The lowest BCUT2D eigenvalue weighted by Gasteiger charge is -2.41. The molecule has 374 valence electrons. The molecule has 0 aromatic carbocycles. The maximum absolute atomic E-state index is 12.8. The van der Waals surface area contributed by atoms with Crippen LogP contribution in [0.5, 0.6) is 0 Å². The number of carbonyl (C=O) groups is 3. The molecule has 0 aromatic rings. The minimum Gasteiger partial charge on any atom is -0.462 e. The van der Waals surface area contributed by atoms with E-state index in [-0.39, 0.29) is 31.5 Å². The predicted molar refractivity (Wildman–Crippen MR) is 258 cm³/mol. The fraction of sp³-hybridized carbons (Fsp3) is 0.627. The van der Waals surface area contributed by atoms with Crippen molar-refractivity contribution in [3.63, 3.8) is 0 Å². The molecule has 1 aliphatic carbocycles. The molecule has 8 atom stereocenters. The lowest BCUT2D eigenvalue weighted by Crippen LogP contribution is -2.64. The zero-order chi connectivity index (χ0) is 48.7. The predicted octanol–water partition coefficient (Wildman–Crippen LogP) is 9.01. The van der Waals surface area contributed by atoms with Crippen LogP contribution in [-0.2, 0) is 37.5 Å². The molecule has 15 heteroatoms. The van der Waals surface area contributed by atoms with Crippen molar-refractivity contribution in [2.75, 3.05) is 13.2 Å². The average Bonchev–Trinajstić information content (AvgIpc) is 3.29. The number of ether oxygens (including phenoxy) is 2. The molecule has 0 heterocycles. The lowest BCUT2D eigenvalue weighted by molar-refractivity contribution is -0.220.